The molecule has 0 spiro atoms. The number of rotatable bonds is 5. The summed E-state index contributed by atoms with van der Waals surface area (Å²) >= 11 is 6.29. The minimum absolute atomic E-state index is 0.101. The third-order valence-corrected chi connectivity index (χ3v) is 3.86. The van der Waals surface area contributed by atoms with E-state index < -0.39 is 0 Å². The molecule has 0 aliphatic rings. The van der Waals surface area contributed by atoms with Crippen molar-refractivity contribution in [3.05, 3.63) is 58.6 Å². The maximum atomic E-state index is 9.12. The van der Waals surface area contributed by atoms with Crippen molar-refractivity contribution in [1.29, 1.82) is 5.26 Å². The van der Waals surface area contributed by atoms with Gasteiger partial charge in [-0.25, -0.2) is 0 Å². The van der Waals surface area contributed by atoms with E-state index >= 15 is 0 Å². The van der Waals surface area contributed by atoms with E-state index in [1.807, 2.05) is 36.4 Å². The number of nitrogens with zero attached hydrogens (tertiary/aromatic N) is 1. The van der Waals surface area contributed by atoms with Gasteiger partial charge in [0.25, 0.3) is 0 Å². The molecule has 1 unspecified atom stereocenters. The van der Waals surface area contributed by atoms with Crippen LogP contribution in [0.5, 0.6) is 0 Å². The molecule has 4 heteroatoms. The Morgan fingerprint density at radius 3 is 2.71 bits per heavy atom. The fourth-order valence-electron chi connectivity index (χ4n) is 2.35. The maximum absolute atomic E-state index is 9.12. The van der Waals surface area contributed by atoms with Crippen molar-refractivity contribution >= 4 is 11.6 Å². The highest BCUT2D eigenvalue weighted by Gasteiger charge is 2.12. The molecule has 0 aliphatic carbocycles. The fraction of sp³-hybridized carbons (Fsp3) is 0.235. The van der Waals surface area contributed by atoms with E-state index in [-0.39, 0.29) is 12.5 Å². The summed E-state index contributed by atoms with van der Waals surface area (Å²) in [5, 5.41) is 18.8. The first-order chi connectivity index (χ1) is 10.2. The fourth-order valence-corrected chi connectivity index (χ4v) is 2.58. The van der Waals surface area contributed by atoms with Crippen LogP contribution in [0.1, 0.15) is 23.5 Å². The highest BCUT2D eigenvalue weighted by Crippen LogP contribution is 2.32. The van der Waals surface area contributed by atoms with Crippen LogP contribution >= 0.6 is 11.6 Å². The lowest BCUT2D eigenvalue weighted by Crippen LogP contribution is -2.14. The molecular weight excluding hydrogens is 284 g/mol. The van der Waals surface area contributed by atoms with Crippen molar-refractivity contribution in [2.45, 2.75) is 12.3 Å². The van der Waals surface area contributed by atoms with Gasteiger partial charge in [-0.15, -0.1) is 0 Å². The summed E-state index contributed by atoms with van der Waals surface area (Å²) < 4.78 is 0. The number of halogens is 1. The van der Waals surface area contributed by atoms with E-state index in [1.165, 1.54) is 0 Å². The smallest absolute Gasteiger partial charge is 0.0991 e. The molecule has 0 saturated carbocycles. The Kier molecular flexibility index (Phi) is 5.35. The number of aliphatic hydroxyl groups is 1. The van der Waals surface area contributed by atoms with Gasteiger partial charge in [-0.2, -0.15) is 5.26 Å². The minimum Gasteiger partial charge on any atom is -0.396 e. The summed E-state index contributed by atoms with van der Waals surface area (Å²) in [5.74, 6) is 0.102. The molecule has 0 bridgehead atoms. The van der Waals surface area contributed by atoms with Gasteiger partial charge in [-0.3, -0.25) is 0 Å². The second kappa shape index (κ2) is 7.24. The van der Waals surface area contributed by atoms with E-state index in [2.05, 4.69) is 6.07 Å². The minimum atomic E-state index is 0.101. The highest BCUT2D eigenvalue weighted by molar-refractivity contribution is 6.33. The molecule has 0 saturated heterocycles. The Morgan fingerprint density at radius 1 is 1.24 bits per heavy atom. The van der Waals surface area contributed by atoms with E-state index in [1.54, 1.807) is 6.07 Å². The maximum Gasteiger partial charge on any atom is 0.0991 e. The number of hydrogen-bond donors (Lipinski definition) is 2. The molecule has 108 valence electrons. The number of benzene rings is 2. The largest absolute Gasteiger partial charge is 0.396 e. The van der Waals surface area contributed by atoms with E-state index in [0.717, 1.165) is 16.7 Å². The van der Waals surface area contributed by atoms with Crippen LogP contribution in [-0.4, -0.2) is 18.3 Å². The van der Waals surface area contributed by atoms with Crippen molar-refractivity contribution in [2.75, 3.05) is 13.2 Å². The number of nitrogens with two attached hydrogens (primary N) is 1. The van der Waals surface area contributed by atoms with Crippen LogP contribution in [0.25, 0.3) is 11.1 Å². The molecule has 0 aromatic heterocycles. The van der Waals surface area contributed by atoms with Gasteiger partial charge in [-0.05, 0) is 54.3 Å². The molecule has 2 rings (SSSR count). The van der Waals surface area contributed by atoms with Gasteiger partial charge in [0.1, 0.15) is 0 Å². The summed E-state index contributed by atoms with van der Waals surface area (Å²) in [6.07, 6.45) is 0.621. The number of nitriles is 1. The Balaban J connectivity index is 2.46. The highest BCUT2D eigenvalue weighted by atomic mass is 35.5. The van der Waals surface area contributed by atoms with Crippen molar-refractivity contribution in [3.8, 4) is 17.2 Å². The molecular formula is C17H17ClN2O. The van der Waals surface area contributed by atoms with Crippen molar-refractivity contribution in [2.24, 2.45) is 5.73 Å². The zero-order valence-corrected chi connectivity index (χ0v) is 12.3. The van der Waals surface area contributed by atoms with Crippen LogP contribution in [0, 0.1) is 11.3 Å². The second-order valence-corrected chi connectivity index (χ2v) is 5.28. The van der Waals surface area contributed by atoms with E-state index in [9.17, 15) is 0 Å². The van der Waals surface area contributed by atoms with Crippen molar-refractivity contribution in [1.82, 2.24) is 0 Å². The molecule has 3 nitrogen and oxygen atoms in total. The van der Waals surface area contributed by atoms with Crippen LogP contribution in [0.15, 0.2) is 42.5 Å². The van der Waals surface area contributed by atoms with Crippen LogP contribution < -0.4 is 5.73 Å². The van der Waals surface area contributed by atoms with Gasteiger partial charge in [0.2, 0.25) is 0 Å². The lowest BCUT2D eigenvalue weighted by molar-refractivity contribution is 0.276. The van der Waals surface area contributed by atoms with Crippen LogP contribution in [0.4, 0.5) is 0 Å². The summed E-state index contributed by atoms with van der Waals surface area (Å²) in [6, 6.07) is 15.2. The first-order valence-corrected chi connectivity index (χ1v) is 7.18. The summed E-state index contributed by atoms with van der Waals surface area (Å²) in [6.45, 7) is 0.573. The first-order valence-electron chi connectivity index (χ1n) is 6.80. The van der Waals surface area contributed by atoms with Crippen LogP contribution in [0.2, 0.25) is 5.02 Å². The topological polar surface area (TPSA) is 70.0 Å². The molecule has 21 heavy (non-hydrogen) atoms. The quantitative estimate of drug-likeness (QED) is 0.890. The Bertz CT molecular complexity index is 664. The van der Waals surface area contributed by atoms with E-state index in [0.29, 0.717) is 23.6 Å². The van der Waals surface area contributed by atoms with Gasteiger partial charge in [0, 0.05) is 17.2 Å². The van der Waals surface area contributed by atoms with Gasteiger partial charge in [-0.1, -0.05) is 29.8 Å². The van der Waals surface area contributed by atoms with Crippen LogP contribution in [-0.2, 0) is 0 Å². The van der Waals surface area contributed by atoms with Gasteiger partial charge in [0.15, 0.2) is 0 Å². The monoisotopic (exact) mass is 300 g/mol. The van der Waals surface area contributed by atoms with Crippen molar-refractivity contribution in [3.63, 3.8) is 0 Å². The zero-order valence-electron chi connectivity index (χ0n) is 11.6. The third kappa shape index (κ3) is 3.62. The summed E-state index contributed by atoms with van der Waals surface area (Å²) in [5.41, 5.74) is 9.20. The molecule has 2 aromatic carbocycles. The molecule has 1 atom stereocenters. The van der Waals surface area contributed by atoms with Crippen LogP contribution in [0.3, 0.4) is 0 Å². The predicted octanol–water partition coefficient (Wildman–Crippen LogP) is 3.30. The SMILES string of the molecule is N#Cc1cccc(-c2cc(C(CN)CCO)ccc2Cl)c1. The standard InChI is InChI=1S/C17H17ClN2O/c18-17-5-4-13(15(11-20)6-7-21)9-16(17)14-3-1-2-12(8-14)10-19/h1-5,8-9,15,21H,6-7,11,20H2. The second-order valence-electron chi connectivity index (χ2n) is 4.88. The lowest BCUT2D eigenvalue weighted by Gasteiger charge is -2.16. The Morgan fingerprint density at radius 2 is 2.05 bits per heavy atom. The molecule has 0 radical (unpaired) electrons. The van der Waals surface area contributed by atoms with Gasteiger partial charge in [0.05, 0.1) is 11.6 Å². The van der Waals surface area contributed by atoms with Gasteiger partial charge >= 0.3 is 0 Å². The average molecular weight is 301 g/mol. The molecule has 0 amide bonds. The number of aliphatic hydroxyl groups excluding tert-OH is 1. The first kappa shape index (κ1) is 15.5. The molecule has 3 N–H and O–H groups in total. The molecule has 0 heterocycles. The summed E-state index contributed by atoms with van der Waals surface area (Å²) in [7, 11) is 0. The predicted molar refractivity (Wildman–Crippen MR) is 85.1 cm³/mol. The third-order valence-electron chi connectivity index (χ3n) is 3.53. The molecule has 2 aromatic rings. The normalized spacial score (nSPS) is 11.9. The zero-order chi connectivity index (χ0) is 15.2. The number of hydrogen-bond acceptors (Lipinski definition) is 3. The summed E-state index contributed by atoms with van der Waals surface area (Å²) in [4.78, 5) is 0. The average Bonchev–Trinajstić information content (AvgIpc) is 2.53. The van der Waals surface area contributed by atoms with Crippen molar-refractivity contribution < 1.29 is 5.11 Å². The molecule has 0 fully saturated rings. The Labute approximate surface area is 129 Å². The molecule has 0 aliphatic heterocycles. The van der Waals surface area contributed by atoms with Gasteiger partial charge < -0.3 is 10.8 Å². The lowest BCUT2D eigenvalue weighted by atomic mass is 9.92. The van der Waals surface area contributed by atoms with E-state index in [4.69, 9.17) is 27.7 Å². The Hall–Kier alpha value is -1.86.